The predicted molar refractivity (Wildman–Crippen MR) is 239 cm³/mol. The van der Waals surface area contributed by atoms with Crippen LogP contribution in [0.15, 0.2) is 188 Å². The largest absolute Gasteiger partial charge is 0.308 e. The second kappa shape index (κ2) is 13.8. The first-order valence-corrected chi connectivity index (χ1v) is 20.0. The smallest absolute Gasteiger partial charge is 0.166 e. The molecule has 58 heavy (non-hydrogen) atoms. The van der Waals surface area contributed by atoms with Crippen molar-refractivity contribution in [3.05, 3.63) is 194 Å². The van der Waals surface area contributed by atoms with Gasteiger partial charge in [-0.15, -0.1) is 11.3 Å². The van der Waals surface area contributed by atoms with Gasteiger partial charge in [0.2, 0.25) is 0 Å². The lowest BCUT2D eigenvalue weighted by atomic mass is 9.98. The molecule has 0 amide bonds. The Hall–Kier alpha value is -7.72. The molecular weight excluding hydrogens is 727 g/mol. The Kier molecular flexibility index (Phi) is 7.99. The van der Waals surface area contributed by atoms with Gasteiger partial charge >= 0.3 is 0 Å². The average molecular weight is 758 g/mol. The van der Waals surface area contributed by atoms with E-state index in [0.29, 0.717) is 23.0 Å². The number of hydrogen-bond donors (Lipinski definition) is 0. The van der Waals surface area contributed by atoms with Crippen molar-refractivity contribution in [3.63, 3.8) is 0 Å². The number of benzene rings is 8. The van der Waals surface area contributed by atoms with Gasteiger partial charge in [-0.3, -0.25) is 0 Å². The standard InChI is InChI=1S/C52H31N5S/c53-32-38-27-28-39(49-48(38)43-22-9-12-25-47(43)58-49)36-18-13-19-37(30-36)51-54-50(34-16-5-2-6-17-34)55-52(56-51)42-29-26-35(33-14-3-1-4-15-33)31-46(42)57-44-23-10-7-20-40(44)41-21-8-11-24-45(41)57/h1-31H. The summed E-state index contributed by atoms with van der Waals surface area (Å²) in [4.78, 5) is 15.7. The Balaban J connectivity index is 1.15. The Bertz CT molecular complexity index is 3360. The van der Waals surface area contributed by atoms with E-state index in [0.717, 1.165) is 75.8 Å². The van der Waals surface area contributed by atoms with Crippen molar-refractivity contribution < 1.29 is 0 Å². The van der Waals surface area contributed by atoms with Crippen molar-refractivity contribution in [2.24, 2.45) is 0 Å². The molecule has 0 bridgehead atoms. The molecule has 0 aliphatic rings. The lowest BCUT2D eigenvalue weighted by Crippen LogP contribution is -2.04. The summed E-state index contributed by atoms with van der Waals surface area (Å²) in [5, 5.41) is 14.6. The Morgan fingerprint density at radius 3 is 1.72 bits per heavy atom. The number of para-hydroxylation sites is 2. The minimum absolute atomic E-state index is 0.576. The molecule has 11 rings (SSSR count). The van der Waals surface area contributed by atoms with Crippen molar-refractivity contribution in [2.75, 3.05) is 0 Å². The van der Waals surface area contributed by atoms with E-state index in [-0.39, 0.29) is 0 Å². The van der Waals surface area contributed by atoms with Crippen molar-refractivity contribution in [3.8, 4) is 68.2 Å². The Morgan fingerprint density at radius 1 is 0.431 bits per heavy atom. The van der Waals surface area contributed by atoms with Crippen LogP contribution in [0.3, 0.4) is 0 Å². The van der Waals surface area contributed by atoms with Crippen molar-refractivity contribution in [1.29, 1.82) is 5.26 Å². The monoisotopic (exact) mass is 757 g/mol. The molecule has 3 aromatic heterocycles. The molecule has 11 aromatic rings. The summed E-state index contributed by atoms with van der Waals surface area (Å²) in [6.45, 7) is 0. The van der Waals surface area contributed by atoms with E-state index in [1.165, 1.54) is 10.8 Å². The van der Waals surface area contributed by atoms with Gasteiger partial charge in [0.05, 0.1) is 28.4 Å². The summed E-state index contributed by atoms with van der Waals surface area (Å²) in [5.41, 5.74) is 10.9. The highest BCUT2D eigenvalue weighted by Gasteiger charge is 2.21. The lowest BCUT2D eigenvalue weighted by Gasteiger charge is -2.16. The van der Waals surface area contributed by atoms with Gasteiger partial charge in [0.1, 0.15) is 0 Å². The fourth-order valence-electron chi connectivity index (χ4n) is 8.21. The molecule has 0 aliphatic heterocycles. The van der Waals surface area contributed by atoms with Crippen LogP contribution in [-0.4, -0.2) is 19.5 Å². The molecule has 8 aromatic carbocycles. The maximum Gasteiger partial charge on any atom is 0.166 e. The summed E-state index contributed by atoms with van der Waals surface area (Å²) in [6, 6.07) is 67.5. The van der Waals surface area contributed by atoms with E-state index in [1.807, 2.05) is 48.5 Å². The molecule has 0 fully saturated rings. The molecule has 270 valence electrons. The van der Waals surface area contributed by atoms with Crippen LogP contribution >= 0.6 is 11.3 Å². The maximum absolute atomic E-state index is 10.1. The summed E-state index contributed by atoms with van der Waals surface area (Å²) >= 11 is 1.72. The number of aromatic nitrogens is 4. The number of fused-ring (bicyclic) bond motifs is 6. The molecule has 5 nitrogen and oxygen atoms in total. The summed E-state index contributed by atoms with van der Waals surface area (Å²) in [7, 11) is 0. The molecule has 0 saturated carbocycles. The first-order chi connectivity index (χ1) is 28.7. The van der Waals surface area contributed by atoms with E-state index in [9.17, 15) is 5.26 Å². The Morgan fingerprint density at radius 2 is 1.00 bits per heavy atom. The minimum atomic E-state index is 0.576. The number of rotatable bonds is 6. The fraction of sp³-hybridized carbons (Fsp3) is 0. The van der Waals surface area contributed by atoms with Gasteiger partial charge in [0.15, 0.2) is 17.5 Å². The van der Waals surface area contributed by atoms with Crippen molar-refractivity contribution >= 4 is 53.3 Å². The quantitative estimate of drug-likeness (QED) is 0.169. The number of nitriles is 1. The van der Waals surface area contributed by atoms with E-state index < -0.39 is 0 Å². The molecule has 0 atom stereocenters. The molecule has 3 heterocycles. The zero-order valence-electron chi connectivity index (χ0n) is 31.0. The highest BCUT2D eigenvalue weighted by Crippen LogP contribution is 2.43. The van der Waals surface area contributed by atoms with Gasteiger partial charge in [0, 0.05) is 47.6 Å². The molecule has 0 saturated heterocycles. The van der Waals surface area contributed by atoms with Crippen LogP contribution in [0, 0.1) is 11.3 Å². The van der Waals surface area contributed by atoms with E-state index >= 15 is 0 Å². The van der Waals surface area contributed by atoms with E-state index in [1.54, 1.807) is 11.3 Å². The summed E-state index contributed by atoms with van der Waals surface area (Å²) < 4.78 is 4.59. The van der Waals surface area contributed by atoms with Crippen LogP contribution in [0.25, 0.3) is 104 Å². The molecule has 0 N–H and O–H groups in total. The van der Waals surface area contributed by atoms with Gasteiger partial charge in [-0.25, -0.2) is 15.0 Å². The first kappa shape index (κ1) is 33.6. The topological polar surface area (TPSA) is 67.4 Å². The van der Waals surface area contributed by atoms with Crippen LogP contribution in [0.5, 0.6) is 0 Å². The summed E-state index contributed by atoms with van der Waals surface area (Å²) in [5.74, 6) is 1.75. The van der Waals surface area contributed by atoms with Gasteiger partial charge in [-0.2, -0.15) is 5.26 Å². The number of hydrogen-bond acceptors (Lipinski definition) is 5. The molecular formula is C52H31N5S. The van der Waals surface area contributed by atoms with Crippen LogP contribution < -0.4 is 0 Å². The van der Waals surface area contributed by atoms with Crippen LogP contribution in [-0.2, 0) is 0 Å². The normalized spacial score (nSPS) is 11.4. The zero-order valence-corrected chi connectivity index (χ0v) is 31.9. The molecule has 0 unspecified atom stereocenters. The van der Waals surface area contributed by atoms with E-state index in [2.05, 4.69) is 150 Å². The second-order valence-corrected chi connectivity index (χ2v) is 15.3. The van der Waals surface area contributed by atoms with Gasteiger partial charge in [-0.05, 0) is 64.7 Å². The minimum Gasteiger partial charge on any atom is -0.308 e. The van der Waals surface area contributed by atoms with Crippen LogP contribution in [0.1, 0.15) is 5.56 Å². The fourth-order valence-corrected chi connectivity index (χ4v) is 9.48. The lowest BCUT2D eigenvalue weighted by molar-refractivity contribution is 1.06. The highest BCUT2D eigenvalue weighted by molar-refractivity contribution is 7.26. The number of nitrogens with zero attached hydrogens (tertiary/aromatic N) is 5. The Labute approximate surface area is 338 Å². The van der Waals surface area contributed by atoms with Crippen molar-refractivity contribution in [2.45, 2.75) is 0 Å². The van der Waals surface area contributed by atoms with E-state index in [4.69, 9.17) is 15.0 Å². The van der Waals surface area contributed by atoms with Crippen LogP contribution in [0.4, 0.5) is 0 Å². The SMILES string of the molecule is N#Cc1ccc(-c2cccc(-c3nc(-c4ccccc4)nc(-c4ccc(-c5ccccc5)cc4-n4c5ccccc5c5ccccc54)n3)c2)c2sc3ccccc3c12. The average Bonchev–Trinajstić information content (AvgIpc) is 3.86. The maximum atomic E-state index is 10.1. The zero-order chi connectivity index (χ0) is 38.6. The third-order valence-corrected chi connectivity index (χ3v) is 12.1. The number of thiophene rings is 1. The predicted octanol–water partition coefficient (Wildman–Crippen LogP) is 13.5. The third kappa shape index (κ3) is 5.56. The molecule has 0 radical (unpaired) electrons. The van der Waals surface area contributed by atoms with Gasteiger partial charge in [-0.1, -0.05) is 146 Å². The first-order valence-electron chi connectivity index (χ1n) is 19.2. The van der Waals surface area contributed by atoms with Gasteiger partial charge < -0.3 is 4.57 Å². The van der Waals surface area contributed by atoms with Gasteiger partial charge in [0.25, 0.3) is 0 Å². The van der Waals surface area contributed by atoms with Crippen molar-refractivity contribution in [1.82, 2.24) is 19.5 Å². The molecule has 0 aliphatic carbocycles. The molecule has 0 spiro atoms. The highest BCUT2D eigenvalue weighted by atomic mass is 32.1. The summed E-state index contributed by atoms with van der Waals surface area (Å²) in [6.07, 6.45) is 0. The second-order valence-electron chi connectivity index (χ2n) is 14.3. The molecule has 6 heteroatoms. The van der Waals surface area contributed by atoms with Crippen LogP contribution in [0.2, 0.25) is 0 Å². The third-order valence-electron chi connectivity index (χ3n) is 10.9.